The SMILES string of the molecule is CC(C)O[P@@]1(=O)OC[C@H]2O[C@@H](n3ccc(=O)[nH]c3=O)[C@@]3(CCO3)[C@@H]2O1. The van der Waals surface area contributed by atoms with Gasteiger partial charge in [-0.2, -0.15) is 0 Å². The Morgan fingerprint density at radius 3 is 2.80 bits per heavy atom. The fourth-order valence-corrected chi connectivity index (χ4v) is 5.02. The van der Waals surface area contributed by atoms with Gasteiger partial charge in [0.05, 0.1) is 19.3 Å². The van der Waals surface area contributed by atoms with E-state index in [4.69, 9.17) is 23.0 Å². The molecule has 0 amide bonds. The zero-order valence-corrected chi connectivity index (χ0v) is 14.6. The summed E-state index contributed by atoms with van der Waals surface area (Å²) in [5, 5.41) is 0. The average molecular weight is 374 g/mol. The molecule has 3 aliphatic heterocycles. The second-order valence-corrected chi connectivity index (χ2v) is 8.10. The summed E-state index contributed by atoms with van der Waals surface area (Å²) in [4.78, 5) is 25.6. The summed E-state index contributed by atoms with van der Waals surface area (Å²) in [7, 11) is -3.74. The highest BCUT2D eigenvalue weighted by Crippen LogP contribution is 2.61. The molecule has 25 heavy (non-hydrogen) atoms. The van der Waals surface area contributed by atoms with Gasteiger partial charge in [-0.05, 0) is 13.8 Å². The van der Waals surface area contributed by atoms with Gasteiger partial charge in [0.25, 0.3) is 5.56 Å². The van der Waals surface area contributed by atoms with Crippen LogP contribution >= 0.6 is 7.82 Å². The normalized spacial score (nSPS) is 40.2. The van der Waals surface area contributed by atoms with E-state index in [9.17, 15) is 14.2 Å². The molecule has 138 valence electrons. The van der Waals surface area contributed by atoms with Crippen LogP contribution in [-0.2, 0) is 27.6 Å². The number of ether oxygens (including phenoxy) is 2. The van der Waals surface area contributed by atoms with Crippen molar-refractivity contribution in [2.45, 2.75) is 50.4 Å². The highest BCUT2D eigenvalue weighted by Gasteiger charge is 2.66. The Balaban J connectivity index is 1.68. The molecule has 3 saturated heterocycles. The molecule has 4 heterocycles. The number of aromatic nitrogens is 2. The molecule has 0 saturated carbocycles. The lowest BCUT2D eigenvalue weighted by Crippen LogP contribution is -2.59. The maximum atomic E-state index is 12.7. The van der Waals surface area contributed by atoms with E-state index in [2.05, 4.69) is 4.98 Å². The van der Waals surface area contributed by atoms with E-state index in [0.29, 0.717) is 13.0 Å². The summed E-state index contributed by atoms with van der Waals surface area (Å²) in [6, 6.07) is 1.23. The molecule has 4 rings (SSSR count). The van der Waals surface area contributed by atoms with Crippen molar-refractivity contribution in [2.24, 2.45) is 0 Å². The Bertz CT molecular complexity index is 829. The minimum atomic E-state index is -3.74. The van der Waals surface area contributed by atoms with Crippen molar-refractivity contribution in [1.82, 2.24) is 9.55 Å². The van der Waals surface area contributed by atoms with E-state index in [-0.39, 0.29) is 12.7 Å². The molecule has 3 aliphatic rings. The topological polar surface area (TPSA) is 118 Å². The quantitative estimate of drug-likeness (QED) is 0.762. The summed E-state index contributed by atoms with van der Waals surface area (Å²) in [5.74, 6) is 0. The predicted molar refractivity (Wildman–Crippen MR) is 83.2 cm³/mol. The zero-order valence-electron chi connectivity index (χ0n) is 13.7. The van der Waals surface area contributed by atoms with Crippen LogP contribution in [0.2, 0.25) is 0 Å². The van der Waals surface area contributed by atoms with E-state index in [1.807, 2.05) is 0 Å². The molecule has 0 aromatic carbocycles. The van der Waals surface area contributed by atoms with Gasteiger partial charge in [-0.1, -0.05) is 0 Å². The van der Waals surface area contributed by atoms with E-state index in [1.54, 1.807) is 13.8 Å². The number of fused-ring (bicyclic) bond motifs is 2. The molecule has 1 aromatic rings. The Morgan fingerprint density at radius 1 is 1.44 bits per heavy atom. The molecule has 3 fully saturated rings. The lowest BCUT2D eigenvalue weighted by molar-refractivity contribution is -0.225. The first-order valence-electron chi connectivity index (χ1n) is 8.05. The summed E-state index contributed by atoms with van der Waals surface area (Å²) in [6.45, 7) is 3.90. The Kier molecular flexibility index (Phi) is 4.02. The fraction of sp³-hybridized carbons (Fsp3) is 0.714. The summed E-state index contributed by atoms with van der Waals surface area (Å²) in [6.07, 6.45) is -0.551. The van der Waals surface area contributed by atoms with Crippen molar-refractivity contribution >= 4 is 7.82 Å². The molecule has 0 radical (unpaired) electrons. The van der Waals surface area contributed by atoms with E-state index in [1.165, 1.54) is 16.8 Å². The second kappa shape index (κ2) is 5.87. The van der Waals surface area contributed by atoms with Crippen molar-refractivity contribution in [3.63, 3.8) is 0 Å². The third kappa shape index (κ3) is 2.73. The molecular weight excluding hydrogens is 355 g/mol. The number of nitrogens with one attached hydrogen (secondary N) is 1. The first-order chi connectivity index (χ1) is 11.8. The largest absolute Gasteiger partial charge is 0.475 e. The van der Waals surface area contributed by atoms with Gasteiger partial charge >= 0.3 is 13.5 Å². The van der Waals surface area contributed by atoms with Crippen LogP contribution in [0.3, 0.4) is 0 Å². The predicted octanol–water partition coefficient (Wildman–Crippen LogP) is 0.542. The van der Waals surface area contributed by atoms with Gasteiger partial charge in [0, 0.05) is 18.7 Å². The lowest BCUT2D eigenvalue weighted by Gasteiger charge is -2.46. The first-order valence-corrected chi connectivity index (χ1v) is 9.51. The molecule has 0 bridgehead atoms. The Hall–Kier alpha value is -1.29. The van der Waals surface area contributed by atoms with Gasteiger partial charge in [0.15, 0.2) is 6.23 Å². The van der Waals surface area contributed by atoms with Gasteiger partial charge in [0.1, 0.15) is 17.8 Å². The highest BCUT2D eigenvalue weighted by molar-refractivity contribution is 7.48. The van der Waals surface area contributed by atoms with Crippen LogP contribution in [-0.4, -0.2) is 46.7 Å². The van der Waals surface area contributed by atoms with Gasteiger partial charge in [-0.25, -0.2) is 9.36 Å². The molecule has 0 unspecified atom stereocenters. The summed E-state index contributed by atoms with van der Waals surface area (Å²) in [5.41, 5.74) is -2.10. The monoisotopic (exact) mass is 374 g/mol. The van der Waals surface area contributed by atoms with Crippen LogP contribution in [0.4, 0.5) is 0 Å². The third-order valence-electron chi connectivity index (χ3n) is 4.49. The number of phosphoric acid groups is 1. The van der Waals surface area contributed by atoms with E-state index < -0.39 is 43.1 Å². The van der Waals surface area contributed by atoms with Gasteiger partial charge in [-0.15, -0.1) is 0 Å². The Morgan fingerprint density at radius 2 is 2.20 bits per heavy atom. The van der Waals surface area contributed by atoms with Crippen LogP contribution in [0, 0.1) is 0 Å². The molecule has 1 N–H and O–H groups in total. The van der Waals surface area contributed by atoms with Crippen molar-refractivity contribution in [3.8, 4) is 0 Å². The minimum absolute atomic E-state index is 0.00558. The molecular formula is C14H19N2O8P. The van der Waals surface area contributed by atoms with Crippen LogP contribution in [0.5, 0.6) is 0 Å². The van der Waals surface area contributed by atoms with Crippen molar-refractivity contribution in [2.75, 3.05) is 13.2 Å². The smallest absolute Gasteiger partial charge is 0.367 e. The number of hydrogen-bond donors (Lipinski definition) is 1. The molecule has 0 aliphatic carbocycles. The van der Waals surface area contributed by atoms with Gasteiger partial charge in [-0.3, -0.25) is 27.9 Å². The number of aromatic amines is 1. The lowest BCUT2D eigenvalue weighted by atomic mass is 9.86. The van der Waals surface area contributed by atoms with Crippen LogP contribution in [0.25, 0.3) is 0 Å². The maximum Gasteiger partial charge on any atom is 0.475 e. The zero-order chi connectivity index (χ0) is 17.8. The maximum absolute atomic E-state index is 12.7. The number of rotatable bonds is 3. The summed E-state index contributed by atoms with van der Waals surface area (Å²) >= 11 is 0. The van der Waals surface area contributed by atoms with E-state index in [0.717, 1.165) is 0 Å². The second-order valence-electron chi connectivity index (χ2n) is 6.52. The summed E-state index contributed by atoms with van der Waals surface area (Å²) < 4.78 is 41.8. The molecule has 5 atom stereocenters. The minimum Gasteiger partial charge on any atom is -0.367 e. The van der Waals surface area contributed by atoms with Crippen LogP contribution in [0.15, 0.2) is 21.9 Å². The van der Waals surface area contributed by atoms with Gasteiger partial charge < -0.3 is 9.47 Å². The third-order valence-corrected chi connectivity index (χ3v) is 6.12. The number of phosphoric ester groups is 1. The average Bonchev–Trinajstić information content (AvgIpc) is 2.79. The number of nitrogens with zero attached hydrogens (tertiary/aromatic N) is 1. The molecule has 1 spiro atoms. The van der Waals surface area contributed by atoms with E-state index >= 15 is 0 Å². The molecule has 11 heteroatoms. The number of H-pyrrole nitrogens is 1. The molecule has 1 aromatic heterocycles. The highest BCUT2D eigenvalue weighted by atomic mass is 31.2. The van der Waals surface area contributed by atoms with Gasteiger partial charge in [0.2, 0.25) is 0 Å². The fourth-order valence-electron chi connectivity index (χ4n) is 3.41. The van der Waals surface area contributed by atoms with Crippen molar-refractivity contribution in [1.29, 1.82) is 0 Å². The molecule has 10 nitrogen and oxygen atoms in total. The standard InChI is InChI=1S/C14H19N2O8P/c1-8(2)23-25(19)21-7-9-11(24-25)14(4-6-20-14)12(22-9)16-5-3-10(17)15-13(16)18/h3,5,8-9,11-12H,4,6-7H2,1-2H3,(H,15,17,18)/t9-,11-,12-,14-,25-/m1/s1. The van der Waals surface area contributed by atoms with Crippen LogP contribution < -0.4 is 11.2 Å². The number of hydrogen-bond acceptors (Lipinski definition) is 8. The van der Waals surface area contributed by atoms with Crippen LogP contribution in [0.1, 0.15) is 26.5 Å². The first kappa shape index (κ1) is 17.1. The Labute approximate surface area is 142 Å². The van der Waals surface area contributed by atoms with Crippen molar-refractivity contribution in [3.05, 3.63) is 33.1 Å². The van der Waals surface area contributed by atoms with Crippen molar-refractivity contribution < 1.29 is 27.6 Å².